The Labute approximate surface area is 124 Å². The Morgan fingerprint density at radius 3 is 3.10 bits per heavy atom. The summed E-state index contributed by atoms with van der Waals surface area (Å²) in [5.74, 6) is 0. The fraction of sp³-hybridized carbons (Fsp3) is 0.529. The zero-order valence-corrected chi connectivity index (χ0v) is 12.2. The molecule has 2 atom stereocenters. The van der Waals surface area contributed by atoms with E-state index in [9.17, 15) is 5.11 Å². The van der Waals surface area contributed by atoms with Crippen molar-refractivity contribution in [1.82, 2.24) is 9.88 Å². The zero-order chi connectivity index (χ0) is 14.3. The van der Waals surface area contributed by atoms with E-state index in [2.05, 4.69) is 34.1 Å². The highest BCUT2D eigenvalue weighted by Gasteiger charge is 2.45. The molecule has 112 valence electrons. The van der Waals surface area contributed by atoms with Crippen LogP contribution in [0.1, 0.15) is 24.8 Å². The fourth-order valence-electron chi connectivity index (χ4n) is 3.80. The van der Waals surface area contributed by atoms with Crippen LogP contribution in [0.3, 0.4) is 0 Å². The number of hydrogen-bond donors (Lipinski definition) is 2. The van der Waals surface area contributed by atoms with Gasteiger partial charge in [0.15, 0.2) is 0 Å². The van der Waals surface area contributed by atoms with Crippen LogP contribution in [0, 0.1) is 0 Å². The number of rotatable bonds is 2. The first kappa shape index (κ1) is 13.3. The first-order valence-corrected chi connectivity index (χ1v) is 7.86. The van der Waals surface area contributed by atoms with Gasteiger partial charge in [-0.15, -0.1) is 0 Å². The molecule has 2 N–H and O–H groups in total. The number of nitrogens with one attached hydrogen (secondary N) is 1. The number of aliphatic hydroxyl groups is 1. The third-order valence-corrected chi connectivity index (χ3v) is 5.05. The maximum absolute atomic E-state index is 10.5. The van der Waals surface area contributed by atoms with Gasteiger partial charge in [-0.2, -0.15) is 0 Å². The molecule has 1 spiro atoms. The Morgan fingerprint density at radius 2 is 2.29 bits per heavy atom. The monoisotopic (exact) mass is 286 g/mol. The third kappa shape index (κ3) is 2.37. The molecule has 1 aromatic heterocycles. The Balaban J connectivity index is 1.45. The number of benzene rings is 1. The zero-order valence-electron chi connectivity index (χ0n) is 12.2. The smallest absolute Gasteiger partial charge is 0.0965 e. The van der Waals surface area contributed by atoms with E-state index < -0.39 is 0 Å². The molecule has 0 amide bonds. The molecule has 0 bridgehead atoms. The summed E-state index contributed by atoms with van der Waals surface area (Å²) in [7, 11) is 0. The molecule has 4 rings (SSSR count). The van der Waals surface area contributed by atoms with Crippen LogP contribution in [0.15, 0.2) is 30.5 Å². The van der Waals surface area contributed by atoms with Gasteiger partial charge in [-0.05, 0) is 48.4 Å². The third-order valence-electron chi connectivity index (χ3n) is 5.05. The lowest BCUT2D eigenvalue weighted by atomic mass is 9.86. The second kappa shape index (κ2) is 5.13. The van der Waals surface area contributed by atoms with E-state index in [0.717, 1.165) is 39.0 Å². The number of likely N-dealkylation sites (tertiary alicyclic amines) is 1. The van der Waals surface area contributed by atoms with E-state index in [1.165, 1.54) is 16.5 Å². The van der Waals surface area contributed by atoms with Gasteiger partial charge in [0.1, 0.15) is 0 Å². The number of aromatic nitrogens is 1. The second-order valence-electron chi connectivity index (χ2n) is 6.42. The average molecular weight is 286 g/mol. The molecular formula is C17H22N2O2. The number of β-amino-alcohol motifs (C(OH)–C–C–N with tert-alkyl or cyclic N) is 1. The summed E-state index contributed by atoms with van der Waals surface area (Å²) in [6.45, 7) is 3.42. The largest absolute Gasteiger partial charge is 0.389 e. The highest BCUT2D eigenvalue weighted by Crippen LogP contribution is 2.36. The van der Waals surface area contributed by atoms with Gasteiger partial charge in [-0.1, -0.05) is 6.07 Å². The number of H-pyrrole nitrogens is 1. The van der Waals surface area contributed by atoms with Crippen molar-refractivity contribution in [3.8, 4) is 0 Å². The standard InChI is InChI=1S/C17H22N2O2/c20-16-12-19(8-6-17(16)5-1-9-21-17)11-13-2-3-15-14(10-13)4-7-18-15/h2-4,7,10,16,18,20H,1,5-6,8-9,11-12H2/t16-,17-/m0/s1. The van der Waals surface area contributed by atoms with Crippen LogP contribution in [0.2, 0.25) is 0 Å². The van der Waals surface area contributed by atoms with Gasteiger partial charge < -0.3 is 14.8 Å². The van der Waals surface area contributed by atoms with Gasteiger partial charge in [0.25, 0.3) is 0 Å². The van der Waals surface area contributed by atoms with E-state index in [0.29, 0.717) is 6.54 Å². The van der Waals surface area contributed by atoms with Crippen molar-refractivity contribution in [2.45, 2.75) is 37.5 Å². The first-order valence-electron chi connectivity index (χ1n) is 7.86. The van der Waals surface area contributed by atoms with Gasteiger partial charge in [-0.25, -0.2) is 0 Å². The Bertz CT molecular complexity index is 631. The maximum atomic E-state index is 10.5. The minimum atomic E-state index is -0.357. The van der Waals surface area contributed by atoms with Crippen LogP contribution < -0.4 is 0 Å². The summed E-state index contributed by atoms with van der Waals surface area (Å²) in [6.07, 6.45) is 4.66. The molecular weight excluding hydrogens is 264 g/mol. The topological polar surface area (TPSA) is 48.5 Å². The quantitative estimate of drug-likeness (QED) is 0.890. The molecule has 2 saturated heterocycles. The minimum absolute atomic E-state index is 0.249. The lowest BCUT2D eigenvalue weighted by molar-refractivity contribution is -0.130. The summed E-state index contributed by atoms with van der Waals surface area (Å²) < 4.78 is 5.86. The molecule has 0 unspecified atom stereocenters. The molecule has 2 aromatic rings. The molecule has 1 aromatic carbocycles. The van der Waals surface area contributed by atoms with E-state index in [4.69, 9.17) is 4.74 Å². The van der Waals surface area contributed by atoms with Crippen molar-refractivity contribution in [1.29, 1.82) is 0 Å². The molecule has 2 aliphatic rings. The highest BCUT2D eigenvalue weighted by atomic mass is 16.5. The van der Waals surface area contributed by atoms with E-state index in [1.807, 2.05) is 6.20 Å². The molecule has 0 saturated carbocycles. The molecule has 21 heavy (non-hydrogen) atoms. The molecule has 2 fully saturated rings. The summed E-state index contributed by atoms with van der Waals surface area (Å²) in [5.41, 5.74) is 2.23. The first-order chi connectivity index (χ1) is 10.3. The summed E-state index contributed by atoms with van der Waals surface area (Å²) >= 11 is 0. The fourth-order valence-corrected chi connectivity index (χ4v) is 3.80. The maximum Gasteiger partial charge on any atom is 0.0965 e. The number of piperidine rings is 1. The van der Waals surface area contributed by atoms with Crippen LogP contribution in [0.5, 0.6) is 0 Å². The van der Waals surface area contributed by atoms with Crippen molar-refractivity contribution in [2.75, 3.05) is 19.7 Å². The Kier molecular flexibility index (Phi) is 3.25. The number of aliphatic hydroxyl groups excluding tert-OH is 1. The molecule has 0 aliphatic carbocycles. The number of ether oxygens (including phenoxy) is 1. The number of hydrogen-bond acceptors (Lipinski definition) is 3. The average Bonchev–Trinajstić information content (AvgIpc) is 3.13. The van der Waals surface area contributed by atoms with Crippen LogP contribution in [-0.4, -0.2) is 46.4 Å². The predicted octanol–water partition coefficient (Wildman–Crippen LogP) is 2.28. The van der Waals surface area contributed by atoms with Crippen LogP contribution in [0.25, 0.3) is 10.9 Å². The van der Waals surface area contributed by atoms with Crippen molar-refractivity contribution in [3.05, 3.63) is 36.0 Å². The predicted molar refractivity (Wildman–Crippen MR) is 82.1 cm³/mol. The molecule has 4 nitrogen and oxygen atoms in total. The number of nitrogens with zero attached hydrogens (tertiary/aromatic N) is 1. The lowest BCUT2D eigenvalue weighted by Gasteiger charge is -2.42. The van der Waals surface area contributed by atoms with Crippen LogP contribution in [0.4, 0.5) is 0 Å². The highest BCUT2D eigenvalue weighted by molar-refractivity contribution is 5.79. The van der Waals surface area contributed by atoms with Crippen molar-refractivity contribution in [2.24, 2.45) is 0 Å². The Hall–Kier alpha value is -1.36. The van der Waals surface area contributed by atoms with Crippen molar-refractivity contribution >= 4 is 10.9 Å². The van der Waals surface area contributed by atoms with E-state index in [1.54, 1.807) is 0 Å². The minimum Gasteiger partial charge on any atom is -0.389 e. The van der Waals surface area contributed by atoms with Crippen LogP contribution >= 0.6 is 0 Å². The summed E-state index contributed by atoms with van der Waals surface area (Å²) in [5, 5.41) is 11.7. The molecule has 4 heteroatoms. The number of aromatic amines is 1. The molecule has 2 aliphatic heterocycles. The number of fused-ring (bicyclic) bond motifs is 1. The van der Waals surface area contributed by atoms with Gasteiger partial charge in [0.05, 0.1) is 11.7 Å². The van der Waals surface area contributed by atoms with Gasteiger partial charge in [-0.3, -0.25) is 4.90 Å². The molecule has 3 heterocycles. The normalized spacial score (nSPS) is 30.4. The van der Waals surface area contributed by atoms with Crippen molar-refractivity contribution < 1.29 is 9.84 Å². The molecule has 0 radical (unpaired) electrons. The van der Waals surface area contributed by atoms with Crippen LogP contribution in [-0.2, 0) is 11.3 Å². The lowest BCUT2D eigenvalue weighted by Crippen LogP contribution is -2.54. The van der Waals surface area contributed by atoms with Crippen molar-refractivity contribution in [3.63, 3.8) is 0 Å². The second-order valence-corrected chi connectivity index (χ2v) is 6.42. The SMILES string of the molecule is O[C@H]1CN(Cc2ccc3[nH]ccc3c2)CC[C@@]12CCCO2. The van der Waals surface area contributed by atoms with E-state index >= 15 is 0 Å². The van der Waals surface area contributed by atoms with Gasteiger partial charge in [0.2, 0.25) is 0 Å². The Morgan fingerprint density at radius 1 is 1.33 bits per heavy atom. The summed E-state index contributed by atoms with van der Waals surface area (Å²) in [6, 6.07) is 8.63. The van der Waals surface area contributed by atoms with Gasteiger partial charge in [0, 0.05) is 38.0 Å². The van der Waals surface area contributed by atoms with Gasteiger partial charge >= 0.3 is 0 Å². The summed E-state index contributed by atoms with van der Waals surface area (Å²) in [4.78, 5) is 5.56. The van der Waals surface area contributed by atoms with E-state index in [-0.39, 0.29) is 11.7 Å².